The van der Waals surface area contributed by atoms with E-state index in [1.165, 1.54) is 19.1 Å². The van der Waals surface area contributed by atoms with Crippen LogP contribution in [0.2, 0.25) is 5.02 Å². The molecule has 0 fully saturated rings. The molecule has 1 aromatic carbocycles. The van der Waals surface area contributed by atoms with Crippen LogP contribution in [0.4, 0.5) is 0 Å². The number of primary sulfonamides is 1. The molecule has 1 amide bonds. The number of hydrogen-bond acceptors (Lipinski definition) is 3. The lowest BCUT2D eigenvalue weighted by molar-refractivity contribution is 0.0951. The monoisotopic (exact) mass is 318 g/mol. The number of nitrogens with one attached hydrogen (secondary N) is 1. The van der Waals surface area contributed by atoms with Gasteiger partial charge in [0.25, 0.3) is 5.91 Å². The Morgan fingerprint density at radius 2 is 2.00 bits per heavy atom. The molecule has 3 N–H and O–H groups in total. The maximum atomic E-state index is 12.1. The van der Waals surface area contributed by atoms with Crippen LogP contribution in [-0.2, 0) is 10.0 Å². The lowest BCUT2D eigenvalue weighted by Crippen LogP contribution is -2.27. The topological polar surface area (TPSA) is 89.3 Å². The lowest BCUT2D eigenvalue weighted by Gasteiger charge is -2.12. The molecule has 0 saturated carbocycles. The average Bonchev–Trinajstić information content (AvgIpc) is 2.29. The van der Waals surface area contributed by atoms with Crippen LogP contribution in [0.5, 0.6) is 0 Å². The van der Waals surface area contributed by atoms with E-state index in [0.717, 1.165) is 6.42 Å². The van der Waals surface area contributed by atoms with Gasteiger partial charge in [-0.1, -0.05) is 25.4 Å². The summed E-state index contributed by atoms with van der Waals surface area (Å²) in [5.74, 6) is 0.117. The molecule has 7 heteroatoms. The molecule has 0 aliphatic heterocycles. The van der Waals surface area contributed by atoms with Gasteiger partial charge in [0.2, 0.25) is 10.0 Å². The van der Waals surface area contributed by atoms with Gasteiger partial charge in [0.1, 0.15) is 0 Å². The highest BCUT2D eigenvalue weighted by molar-refractivity contribution is 7.89. The van der Waals surface area contributed by atoms with E-state index in [4.69, 9.17) is 16.7 Å². The van der Waals surface area contributed by atoms with Gasteiger partial charge in [-0.25, -0.2) is 13.6 Å². The van der Waals surface area contributed by atoms with Crippen LogP contribution in [0.1, 0.15) is 36.2 Å². The van der Waals surface area contributed by atoms with E-state index in [1.807, 2.05) is 0 Å². The first-order valence-corrected chi connectivity index (χ1v) is 8.16. The summed E-state index contributed by atoms with van der Waals surface area (Å²) < 4.78 is 22.9. The molecule has 0 bridgehead atoms. The molecule has 0 aromatic heterocycles. The van der Waals surface area contributed by atoms with Crippen molar-refractivity contribution in [3.63, 3.8) is 0 Å². The van der Waals surface area contributed by atoms with Gasteiger partial charge in [-0.15, -0.1) is 0 Å². The third-order valence-corrected chi connectivity index (χ3v) is 4.14. The van der Waals surface area contributed by atoms with Crippen LogP contribution in [0, 0.1) is 12.8 Å². The minimum atomic E-state index is -3.91. The van der Waals surface area contributed by atoms with E-state index >= 15 is 0 Å². The van der Waals surface area contributed by atoms with Crippen LogP contribution in [-0.4, -0.2) is 20.9 Å². The molecule has 1 aromatic rings. The fourth-order valence-electron chi connectivity index (χ4n) is 1.75. The highest BCUT2D eigenvalue weighted by Crippen LogP contribution is 2.23. The molecular weight excluding hydrogens is 300 g/mol. The second-order valence-corrected chi connectivity index (χ2v) is 7.03. The molecule has 112 valence electrons. The number of amides is 1. The Balaban J connectivity index is 3.07. The van der Waals surface area contributed by atoms with E-state index < -0.39 is 10.0 Å². The van der Waals surface area contributed by atoms with Gasteiger partial charge in [-0.3, -0.25) is 4.79 Å². The van der Waals surface area contributed by atoms with Gasteiger partial charge in [0, 0.05) is 17.1 Å². The normalized spacial score (nSPS) is 11.7. The summed E-state index contributed by atoms with van der Waals surface area (Å²) >= 11 is 5.86. The summed E-state index contributed by atoms with van der Waals surface area (Å²) in [6, 6.07) is 2.69. The predicted octanol–water partition coefficient (Wildman–Crippen LogP) is 2.07. The van der Waals surface area contributed by atoms with Crippen molar-refractivity contribution in [2.45, 2.75) is 32.1 Å². The van der Waals surface area contributed by atoms with Crippen molar-refractivity contribution in [2.75, 3.05) is 6.54 Å². The Morgan fingerprint density at radius 1 is 1.40 bits per heavy atom. The molecular formula is C13H19ClN2O3S. The zero-order valence-corrected chi connectivity index (χ0v) is 13.3. The Bertz CT molecular complexity index is 612. The number of carbonyl (C=O) groups is 1. The number of sulfonamides is 1. The summed E-state index contributed by atoms with van der Waals surface area (Å²) in [5, 5.41) is 8.02. The molecule has 20 heavy (non-hydrogen) atoms. The molecule has 0 spiro atoms. The van der Waals surface area contributed by atoms with Crippen molar-refractivity contribution < 1.29 is 13.2 Å². The number of nitrogens with two attached hydrogens (primary N) is 1. The van der Waals surface area contributed by atoms with Gasteiger partial charge < -0.3 is 5.32 Å². The fraction of sp³-hybridized carbons (Fsp3) is 0.462. The fourth-order valence-corrected chi connectivity index (χ4v) is 2.87. The second kappa shape index (κ2) is 6.56. The molecule has 0 aliphatic rings. The summed E-state index contributed by atoms with van der Waals surface area (Å²) in [7, 11) is -3.91. The van der Waals surface area contributed by atoms with Gasteiger partial charge in [0.15, 0.2) is 0 Å². The zero-order valence-electron chi connectivity index (χ0n) is 11.7. The van der Waals surface area contributed by atoms with Crippen LogP contribution in [0.15, 0.2) is 17.0 Å². The first kappa shape index (κ1) is 16.9. The zero-order chi connectivity index (χ0) is 15.5. The number of hydrogen-bond donors (Lipinski definition) is 2. The van der Waals surface area contributed by atoms with Crippen LogP contribution < -0.4 is 10.5 Å². The maximum Gasteiger partial charge on any atom is 0.251 e. The quantitative estimate of drug-likeness (QED) is 0.871. The van der Waals surface area contributed by atoms with Crippen molar-refractivity contribution in [1.29, 1.82) is 0 Å². The van der Waals surface area contributed by atoms with Crippen molar-refractivity contribution >= 4 is 27.5 Å². The highest BCUT2D eigenvalue weighted by Gasteiger charge is 2.19. The van der Waals surface area contributed by atoms with E-state index in [-0.39, 0.29) is 21.4 Å². The molecule has 1 rings (SSSR count). The average molecular weight is 319 g/mol. The van der Waals surface area contributed by atoms with Gasteiger partial charge in [0.05, 0.1) is 4.90 Å². The van der Waals surface area contributed by atoms with Crippen molar-refractivity contribution in [2.24, 2.45) is 11.1 Å². The van der Waals surface area contributed by atoms with Crippen LogP contribution in [0.3, 0.4) is 0 Å². The molecule has 0 heterocycles. The smallest absolute Gasteiger partial charge is 0.251 e. The molecule has 0 aliphatic carbocycles. The number of rotatable bonds is 5. The van der Waals surface area contributed by atoms with Crippen molar-refractivity contribution in [3.05, 3.63) is 28.3 Å². The van der Waals surface area contributed by atoms with E-state index in [1.54, 1.807) is 0 Å². The Hall–Kier alpha value is -1.11. The third-order valence-electron chi connectivity index (χ3n) is 2.88. The van der Waals surface area contributed by atoms with E-state index in [9.17, 15) is 13.2 Å². The second-order valence-electron chi connectivity index (χ2n) is 5.06. The first-order chi connectivity index (χ1) is 9.12. The summed E-state index contributed by atoms with van der Waals surface area (Å²) in [5.41, 5.74) is 0.532. The largest absolute Gasteiger partial charge is 0.352 e. The Labute approximate surface area is 124 Å². The van der Waals surface area contributed by atoms with Gasteiger partial charge in [-0.2, -0.15) is 0 Å². The van der Waals surface area contributed by atoms with Crippen molar-refractivity contribution in [1.82, 2.24) is 5.32 Å². The highest BCUT2D eigenvalue weighted by atomic mass is 35.5. The third kappa shape index (κ3) is 4.47. The van der Waals surface area contributed by atoms with Crippen LogP contribution >= 0.6 is 11.6 Å². The Morgan fingerprint density at radius 3 is 2.50 bits per heavy atom. The van der Waals surface area contributed by atoms with Crippen molar-refractivity contribution in [3.8, 4) is 0 Å². The Kier molecular flexibility index (Phi) is 5.56. The SMILES string of the molecule is Cc1c(C(=O)NCCC(C)C)cc(Cl)cc1S(N)(=O)=O. The maximum absolute atomic E-state index is 12.1. The van der Waals surface area contributed by atoms with E-state index in [2.05, 4.69) is 19.2 Å². The van der Waals surface area contributed by atoms with Gasteiger partial charge in [-0.05, 0) is 37.0 Å². The summed E-state index contributed by atoms with van der Waals surface area (Å²) in [4.78, 5) is 11.9. The molecule has 0 atom stereocenters. The predicted molar refractivity (Wildman–Crippen MR) is 79.4 cm³/mol. The minimum absolute atomic E-state index is 0.126. The van der Waals surface area contributed by atoms with Crippen LogP contribution in [0.25, 0.3) is 0 Å². The minimum Gasteiger partial charge on any atom is -0.352 e. The summed E-state index contributed by atoms with van der Waals surface area (Å²) in [6.07, 6.45) is 0.841. The van der Waals surface area contributed by atoms with E-state index in [0.29, 0.717) is 18.0 Å². The molecule has 0 radical (unpaired) electrons. The number of halogens is 1. The summed E-state index contributed by atoms with van der Waals surface area (Å²) in [6.45, 7) is 6.16. The lowest BCUT2D eigenvalue weighted by atomic mass is 10.1. The molecule has 0 saturated heterocycles. The molecule has 0 unspecified atom stereocenters. The molecule has 5 nitrogen and oxygen atoms in total. The van der Waals surface area contributed by atoms with Gasteiger partial charge >= 0.3 is 0 Å². The number of benzene rings is 1. The number of carbonyl (C=O) groups excluding carboxylic acids is 1. The standard InChI is InChI=1S/C13H19ClN2O3S/c1-8(2)4-5-16-13(17)11-6-10(14)7-12(9(11)3)20(15,18)19/h6-8H,4-5H2,1-3H3,(H,16,17)(H2,15,18,19). The first-order valence-electron chi connectivity index (χ1n) is 6.24.